The molecule has 72 valence electrons. The number of nitrogens with zero attached hydrogens (tertiary/aromatic N) is 2. The van der Waals surface area contributed by atoms with Crippen LogP contribution in [0.5, 0.6) is 5.75 Å². The highest BCUT2D eigenvalue weighted by molar-refractivity contribution is 5.70. The van der Waals surface area contributed by atoms with Crippen LogP contribution in [0.25, 0.3) is 0 Å². The summed E-state index contributed by atoms with van der Waals surface area (Å²) < 4.78 is 5.55. The van der Waals surface area contributed by atoms with E-state index in [1.807, 2.05) is 0 Å². The number of benzene rings is 1. The second-order valence-corrected chi connectivity index (χ2v) is 2.68. The van der Waals surface area contributed by atoms with Gasteiger partial charge in [0.25, 0.3) is 6.21 Å². The maximum Gasteiger partial charge on any atom is 0.253 e. The molecule has 0 aliphatic carbocycles. The standard InChI is InChI=1S/C10H10N2O2/c1-14-10-4-2-9(3-5-10)8-12(13)7-6-11/h2-5,7H,8H2,1H3/b12-7-. The molecule has 4 nitrogen and oxygen atoms in total. The Morgan fingerprint density at radius 3 is 2.64 bits per heavy atom. The van der Waals surface area contributed by atoms with E-state index >= 15 is 0 Å². The van der Waals surface area contributed by atoms with Crippen LogP contribution in [0.2, 0.25) is 0 Å². The Kier molecular flexibility index (Phi) is 3.50. The largest absolute Gasteiger partial charge is 0.623 e. The third kappa shape index (κ3) is 2.79. The summed E-state index contributed by atoms with van der Waals surface area (Å²) in [6.45, 7) is 0.178. The lowest BCUT2D eigenvalue weighted by molar-refractivity contribution is -0.468. The average molecular weight is 190 g/mol. The molecule has 0 heterocycles. The first-order valence-corrected chi connectivity index (χ1v) is 4.06. The van der Waals surface area contributed by atoms with Crippen molar-refractivity contribution in [3.05, 3.63) is 35.0 Å². The second-order valence-electron chi connectivity index (χ2n) is 2.68. The molecule has 0 aliphatic heterocycles. The molecule has 0 aliphatic rings. The monoisotopic (exact) mass is 190 g/mol. The summed E-state index contributed by atoms with van der Waals surface area (Å²) in [5.74, 6) is 0.746. The van der Waals surface area contributed by atoms with Crippen molar-refractivity contribution in [2.75, 3.05) is 7.11 Å². The van der Waals surface area contributed by atoms with E-state index in [1.54, 1.807) is 37.4 Å². The first kappa shape index (κ1) is 10.1. The predicted octanol–water partition coefficient (Wildman–Crippen LogP) is 1.30. The minimum atomic E-state index is 0.178. The minimum Gasteiger partial charge on any atom is -0.623 e. The van der Waals surface area contributed by atoms with Crippen molar-refractivity contribution >= 4 is 6.21 Å². The highest BCUT2D eigenvalue weighted by atomic mass is 16.5. The fraction of sp³-hybridized carbons (Fsp3) is 0.200. The Morgan fingerprint density at radius 1 is 1.50 bits per heavy atom. The minimum absolute atomic E-state index is 0.178. The molecule has 0 N–H and O–H groups in total. The van der Waals surface area contributed by atoms with Gasteiger partial charge in [0, 0.05) is 5.56 Å². The predicted molar refractivity (Wildman–Crippen MR) is 52.0 cm³/mol. The van der Waals surface area contributed by atoms with Gasteiger partial charge in [-0.2, -0.15) is 10.0 Å². The molecule has 1 rings (SSSR count). The Balaban J connectivity index is 2.70. The number of nitriles is 1. The Bertz CT molecular complexity index is 363. The number of ether oxygens (including phenoxy) is 1. The molecule has 14 heavy (non-hydrogen) atoms. The SMILES string of the molecule is COc1ccc(C/[N+]([O-])=C/C#N)cc1. The maximum absolute atomic E-state index is 11.0. The highest BCUT2D eigenvalue weighted by Gasteiger charge is 1.98. The van der Waals surface area contributed by atoms with Crippen LogP contribution in [-0.4, -0.2) is 18.1 Å². The van der Waals surface area contributed by atoms with E-state index in [-0.39, 0.29) is 6.54 Å². The van der Waals surface area contributed by atoms with Crippen LogP contribution in [0.3, 0.4) is 0 Å². The highest BCUT2D eigenvalue weighted by Crippen LogP contribution is 2.11. The first-order valence-electron chi connectivity index (χ1n) is 4.06. The lowest BCUT2D eigenvalue weighted by atomic mass is 10.2. The number of hydrogen-bond acceptors (Lipinski definition) is 3. The molecule has 0 spiro atoms. The molecule has 0 radical (unpaired) electrons. The Hall–Kier alpha value is -2.02. The maximum atomic E-state index is 11.0. The van der Waals surface area contributed by atoms with Crippen molar-refractivity contribution in [1.82, 2.24) is 0 Å². The summed E-state index contributed by atoms with van der Waals surface area (Å²) in [4.78, 5) is 0. The van der Waals surface area contributed by atoms with Gasteiger partial charge >= 0.3 is 0 Å². The van der Waals surface area contributed by atoms with E-state index < -0.39 is 0 Å². The number of hydrogen-bond donors (Lipinski definition) is 0. The molecule has 0 unspecified atom stereocenters. The van der Waals surface area contributed by atoms with Crippen molar-refractivity contribution < 1.29 is 9.48 Å². The summed E-state index contributed by atoms with van der Waals surface area (Å²) in [6.07, 6.45) is 0.935. The molecule has 1 aromatic carbocycles. The third-order valence-corrected chi connectivity index (χ3v) is 1.70. The van der Waals surface area contributed by atoms with Crippen LogP contribution in [0.15, 0.2) is 24.3 Å². The Morgan fingerprint density at radius 2 is 2.14 bits per heavy atom. The summed E-state index contributed by atoms with van der Waals surface area (Å²) in [6, 6.07) is 8.79. The molecule has 0 amide bonds. The molecule has 0 bridgehead atoms. The van der Waals surface area contributed by atoms with Crippen molar-refractivity contribution in [2.24, 2.45) is 0 Å². The number of rotatable bonds is 3. The quantitative estimate of drug-likeness (QED) is 0.312. The van der Waals surface area contributed by atoms with E-state index in [0.717, 1.165) is 17.5 Å². The molecule has 0 aromatic heterocycles. The zero-order valence-corrected chi connectivity index (χ0v) is 7.80. The van der Waals surface area contributed by atoms with Crippen LogP contribution in [0.4, 0.5) is 0 Å². The normalized spacial score (nSPS) is 10.7. The van der Waals surface area contributed by atoms with Gasteiger partial charge in [0.15, 0.2) is 12.6 Å². The zero-order valence-electron chi connectivity index (χ0n) is 7.80. The van der Waals surface area contributed by atoms with Crippen molar-refractivity contribution in [3.63, 3.8) is 0 Å². The van der Waals surface area contributed by atoms with Crippen molar-refractivity contribution in [1.29, 1.82) is 5.26 Å². The number of methoxy groups -OCH3 is 1. The van der Waals surface area contributed by atoms with Gasteiger partial charge in [-0.15, -0.1) is 0 Å². The molecular weight excluding hydrogens is 180 g/mol. The van der Waals surface area contributed by atoms with Gasteiger partial charge < -0.3 is 9.94 Å². The van der Waals surface area contributed by atoms with Crippen LogP contribution in [0.1, 0.15) is 5.56 Å². The molecule has 0 saturated heterocycles. The molecule has 0 atom stereocenters. The van der Waals surface area contributed by atoms with Crippen LogP contribution in [0, 0.1) is 16.5 Å². The molecule has 1 aromatic rings. The van der Waals surface area contributed by atoms with Crippen molar-refractivity contribution in [2.45, 2.75) is 6.54 Å². The number of hydroxylamine groups is 1. The average Bonchev–Trinajstić information content (AvgIpc) is 2.19. The first-order chi connectivity index (χ1) is 6.76. The molecule has 0 saturated carbocycles. The van der Waals surface area contributed by atoms with E-state index in [9.17, 15) is 5.21 Å². The summed E-state index contributed by atoms with van der Waals surface area (Å²) in [5.41, 5.74) is 0.840. The topological polar surface area (TPSA) is 59.1 Å². The van der Waals surface area contributed by atoms with Gasteiger partial charge in [-0.25, -0.2) is 0 Å². The van der Waals surface area contributed by atoms with Crippen LogP contribution in [-0.2, 0) is 6.54 Å². The molecular formula is C10H10N2O2. The zero-order chi connectivity index (χ0) is 10.4. The lowest BCUT2D eigenvalue weighted by Crippen LogP contribution is -2.03. The Labute approximate surface area is 82.3 Å². The van der Waals surface area contributed by atoms with Gasteiger partial charge in [-0.05, 0) is 24.3 Å². The van der Waals surface area contributed by atoms with E-state index in [4.69, 9.17) is 10.00 Å². The van der Waals surface area contributed by atoms with Gasteiger partial charge in [-0.1, -0.05) is 0 Å². The van der Waals surface area contributed by atoms with Crippen molar-refractivity contribution in [3.8, 4) is 11.8 Å². The third-order valence-electron chi connectivity index (χ3n) is 1.70. The summed E-state index contributed by atoms with van der Waals surface area (Å²) in [7, 11) is 1.58. The second kappa shape index (κ2) is 4.87. The van der Waals surface area contributed by atoms with E-state index in [2.05, 4.69) is 0 Å². The van der Waals surface area contributed by atoms with Gasteiger partial charge in [0.1, 0.15) is 5.75 Å². The molecule has 0 fully saturated rings. The van der Waals surface area contributed by atoms with Gasteiger partial charge in [0.05, 0.1) is 7.11 Å². The summed E-state index contributed by atoms with van der Waals surface area (Å²) in [5, 5.41) is 19.2. The summed E-state index contributed by atoms with van der Waals surface area (Å²) >= 11 is 0. The van der Waals surface area contributed by atoms with Crippen LogP contribution >= 0.6 is 0 Å². The smallest absolute Gasteiger partial charge is 0.253 e. The van der Waals surface area contributed by atoms with Gasteiger partial charge in [-0.3, -0.25) is 0 Å². The van der Waals surface area contributed by atoms with E-state index in [1.165, 1.54) is 0 Å². The lowest BCUT2D eigenvalue weighted by Gasteiger charge is -2.03. The van der Waals surface area contributed by atoms with E-state index in [0.29, 0.717) is 4.74 Å². The van der Waals surface area contributed by atoms with Crippen LogP contribution < -0.4 is 4.74 Å². The fourth-order valence-electron chi connectivity index (χ4n) is 1.02. The molecule has 4 heteroatoms. The fourth-order valence-corrected chi connectivity index (χ4v) is 1.02. The van der Waals surface area contributed by atoms with Gasteiger partial charge in [0.2, 0.25) is 0 Å².